The van der Waals surface area contributed by atoms with E-state index in [-0.39, 0.29) is 24.0 Å². The third kappa shape index (κ3) is 5.97. The summed E-state index contributed by atoms with van der Waals surface area (Å²) in [6, 6.07) is 7.68. The lowest BCUT2D eigenvalue weighted by Gasteiger charge is -2.21. The number of furan rings is 2. The van der Waals surface area contributed by atoms with Crippen molar-refractivity contribution in [2.45, 2.75) is 13.0 Å². The molecule has 0 saturated carbocycles. The van der Waals surface area contributed by atoms with Crippen molar-refractivity contribution in [1.82, 2.24) is 10.2 Å². The Morgan fingerprint density at radius 2 is 1.95 bits per heavy atom. The number of nitrogens with one attached hydrogen (secondary N) is 1. The molecule has 2 aromatic rings. The van der Waals surface area contributed by atoms with Gasteiger partial charge in [0, 0.05) is 26.6 Å². The Bertz CT molecular complexity index is 550. The topological polar surface area (TPSA) is 53.9 Å². The number of rotatable bonds is 7. The molecule has 6 heteroatoms. The zero-order valence-electron chi connectivity index (χ0n) is 12.7. The fourth-order valence-corrected chi connectivity index (χ4v) is 1.91. The summed E-state index contributed by atoms with van der Waals surface area (Å²) in [5.74, 6) is 2.66. The fraction of sp³-hybridized carbons (Fsp3) is 0.312. The minimum Gasteiger partial charge on any atom is -0.469 e. The first-order valence-corrected chi connectivity index (χ1v) is 6.94. The van der Waals surface area contributed by atoms with E-state index in [0.29, 0.717) is 19.6 Å². The highest BCUT2D eigenvalue weighted by Crippen LogP contribution is 2.05. The largest absolute Gasteiger partial charge is 0.469 e. The normalized spacial score (nSPS) is 10.9. The van der Waals surface area contributed by atoms with E-state index in [1.165, 1.54) is 0 Å². The van der Waals surface area contributed by atoms with Crippen molar-refractivity contribution < 1.29 is 8.83 Å². The van der Waals surface area contributed by atoms with Crippen molar-refractivity contribution in [3.63, 3.8) is 0 Å². The average Bonchev–Trinajstić information content (AvgIpc) is 3.15. The molecular formula is C16H22IN3O2. The maximum Gasteiger partial charge on any atom is 0.194 e. The van der Waals surface area contributed by atoms with Crippen LogP contribution in [0.15, 0.2) is 63.3 Å². The van der Waals surface area contributed by atoms with Gasteiger partial charge in [-0.1, -0.05) is 6.08 Å². The maximum absolute atomic E-state index is 5.36. The zero-order chi connectivity index (χ0) is 14.9. The summed E-state index contributed by atoms with van der Waals surface area (Å²) in [7, 11) is 1.98. The van der Waals surface area contributed by atoms with Crippen LogP contribution < -0.4 is 5.32 Å². The van der Waals surface area contributed by atoms with Crippen LogP contribution in [0, 0.1) is 0 Å². The number of hydrogen-bond donors (Lipinski definition) is 1. The van der Waals surface area contributed by atoms with Crippen LogP contribution in [0.1, 0.15) is 11.5 Å². The third-order valence-electron chi connectivity index (χ3n) is 2.94. The Hall–Kier alpha value is -1.70. The van der Waals surface area contributed by atoms with Crippen LogP contribution in [0.3, 0.4) is 0 Å². The van der Waals surface area contributed by atoms with Gasteiger partial charge in [-0.3, -0.25) is 4.99 Å². The van der Waals surface area contributed by atoms with E-state index in [9.17, 15) is 0 Å². The molecule has 22 heavy (non-hydrogen) atoms. The minimum atomic E-state index is 0. The number of aliphatic imine (C=N–C) groups is 1. The Morgan fingerprint density at radius 3 is 2.55 bits per heavy atom. The molecule has 0 unspecified atom stereocenters. The monoisotopic (exact) mass is 415 g/mol. The number of hydrogen-bond acceptors (Lipinski definition) is 3. The van der Waals surface area contributed by atoms with Gasteiger partial charge in [0.1, 0.15) is 11.5 Å². The van der Waals surface area contributed by atoms with Crippen molar-refractivity contribution in [1.29, 1.82) is 0 Å². The van der Waals surface area contributed by atoms with Gasteiger partial charge in [0.25, 0.3) is 0 Å². The first-order valence-electron chi connectivity index (χ1n) is 6.94. The molecule has 5 nitrogen and oxygen atoms in total. The Labute approximate surface area is 148 Å². The van der Waals surface area contributed by atoms with E-state index in [0.717, 1.165) is 23.9 Å². The summed E-state index contributed by atoms with van der Waals surface area (Å²) < 4.78 is 10.7. The first-order chi connectivity index (χ1) is 10.3. The molecule has 0 fully saturated rings. The molecule has 0 amide bonds. The summed E-state index contributed by atoms with van der Waals surface area (Å²) >= 11 is 0. The molecule has 0 radical (unpaired) electrons. The van der Waals surface area contributed by atoms with Crippen LogP contribution >= 0.6 is 24.0 Å². The van der Waals surface area contributed by atoms with Crippen molar-refractivity contribution in [3.8, 4) is 0 Å². The Balaban J connectivity index is 0.00000242. The highest BCUT2D eigenvalue weighted by molar-refractivity contribution is 14.0. The first kappa shape index (κ1) is 18.3. The minimum absolute atomic E-state index is 0. The molecular weight excluding hydrogens is 393 g/mol. The molecule has 0 atom stereocenters. The van der Waals surface area contributed by atoms with Gasteiger partial charge in [-0.05, 0) is 24.3 Å². The highest BCUT2D eigenvalue weighted by atomic mass is 127. The van der Waals surface area contributed by atoms with Crippen molar-refractivity contribution >= 4 is 29.9 Å². The lowest BCUT2D eigenvalue weighted by molar-refractivity contribution is 0.400. The molecule has 0 aliphatic rings. The predicted molar refractivity (Wildman–Crippen MR) is 98.5 cm³/mol. The average molecular weight is 415 g/mol. The molecule has 0 spiro atoms. The summed E-state index contributed by atoms with van der Waals surface area (Å²) in [4.78, 5) is 6.62. The van der Waals surface area contributed by atoms with Gasteiger partial charge in [-0.15, -0.1) is 30.6 Å². The van der Waals surface area contributed by atoms with Crippen LogP contribution in [0.4, 0.5) is 0 Å². The quantitative estimate of drug-likeness (QED) is 0.326. The van der Waals surface area contributed by atoms with Crippen LogP contribution in [0.5, 0.6) is 0 Å². The highest BCUT2D eigenvalue weighted by Gasteiger charge is 2.08. The summed E-state index contributed by atoms with van der Waals surface area (Å²) in [6.45, 7) is 5.71. The molecule has 2 rings (SSSR count). The van der Waals surface area contributed by atoms with Gasteiger partial charge in [0.15, 0.2) is 5.96 Å². The predicted octanol–water partition coefficient (Wildman–Crippen LogP) is 3.30. The molecule has 0 aromatic carbocycles. The second-order valence-corrected chi connectivity index (χ2v) is 4.64. The molecule has 1 N–H and O–H groups in total. The molecule has 2 aromatic heterocycles. The SMILES string of the molecule is C=CCNC(=NCCc1ccco1)N(C)Cc1ccco1.I. The smallest absolute Gasteiger partial charge is 0.194 e. The maximum atomic E-state index is 5.36. The van der Waals surface area contributed by atoms with Gasteiger partial charge in [0.2, 0.25) is 0 Å². The summed E-state index contributed by atoms with van der Waals surface area (Å²) in [5.41, 5.74) is 0. The van der Waals surface area contributed by atoms with Gasteiger partial charge in [0.05, 0.1) is 19.1 Å². The van der Waals surface area contributed by atoms with Crippen LogP contribution in [0.25, 0.3) is 0 Å². The van der Waals surface area contributed by atoms with Gasteiger partial charge < -0.3 is 19.1 Å². The fourth-order valence-electron chi connectivity index (χ4n) is 1.91. The van der Waals surface area contributed by atoms with Crippen LogP contribution in [-0.2, 0) is 13.0 Å². The van der Waals surface area contributed by atoms with E-state index < -0.39 is 0 Å². The number of halogens is 1. The van der Waals surface area contributed by atoms with Gasteiger partial charge >= 0.3 is 0 Å². The van der Waals surface area contributed by atoms with Crippen molar-refractivity contribution in [2.24, 2.45) is 4.99 Å². The lowest BCUT2D eigenvalue weighted by Crippen LogP contribution is -2.38. The van der Waals surface area contributed by atoms with E-state index >= 15 is 0 Å². The number of guanidine groups is 1. The Kier molecular flexibility index (Phi) is 8.42. The van der Waals surface area contributed by atoms with E-state index in [1.807, 2.05) is 42.3 Å². The van der Waals surface area contributed by atoms with Crippen molar-refractivity contribution in [3.05, 3.63) is 61.0 Å². The van der Waals surface area contributed by atoms with Crippen LogP contribution in [0.2, 0.25) is 0 Å². The molecule has 0 saturated heterocycles. The standard InChI is InChI=1S/C16H21N3O2.HI/c1-3-9-17-16(18-10-8-14-6-4-11-20-14)19(2)13-15-7-5-12-21-15;/h3-7,11-12H,1,8-10,13H2,2H3,(H,17,18);1H. The van der Waals surface area contributed by atoms with Gasteiger partial charge in [-0.2, -0.15) is 0 Å². The number of nitrogens with zero attached hydrogens (tertiary/aromatic N) is 2. The zero-order valence-corrected chi connectivity index (χ0v) is 15.0. The molecule has 0 aliphatic heterocycles. The van der Waals surface area contributed by atoms with Crippen molar-refractivity contribution in [2.75, 3.05) is 20.1 Å². The Morgan fingerprint density at radius 1 is 1.27 bits per heavy atom. The third-order valence-corrected chi connectivity index (χ3v) is 2.94. The summed E-state index contributed by atoms with van der Waals surface area (Å²) in [6.07, 6.45) is 5.94. The van der Waals surface area contributed by atoms with Crippen LogP contribution in [-0.4, -0.2) is 31.0 Å². The van der Waals surface area contributed by atoms with E-state index in [4.69, 9.17) is 8.83 Å². The van der Waals surface area contributed by atoms with E-state index in [2.05, 4.69) is 16.9 Å². The molecule has 120 valence electrons. The summed E-state index contributed by atoms with van der Waals surface area (Å²) in [5, 5.41) is 3.25. The van der Waals surface area contributed by atoms with Gasteiger partial charge in [-0.25, -0.2) is 0 Å². The second kappa shape index (κ2) is 10.1. The van der Waals surface area contributed by atoms with E-state index in [1.54, 1.807) is 12.5 Å². The molecule has 0 aliphatic carbocycles. The second-order valence-electron chi connectivity index (χ2n) is 4.64. The molecule has 0 bridgehead atoms. The molecule has 2 heterocycles. The lowest BCUT2D eigenvalue weighted by atomic mass is 10.3.